The Morgan fingerprint density at radius 2 is 1.76 bits per heavy atom. The highest BCUT2D eigenvalue weighted by Crippen LogP contribution is 2.51. The lowest BCUT2D eigenvalue weighted by atomic mass is 9.83. The van der Waals surface area contributed by atoms with Crippen LogP contribution in [-0.4, -0.2) is 5.97 Å². The lowest BCUT2D eigenvalue weighted by molar-refractivity contribution is -0.131. The molecule has 3 aromatic rings. The fraction of sp³-hybridized carbons (Fsp3) is 0.261. The van der Waals surface area contributed by atoms with Crippen molar-refractivity contribution in [3.05, 3.63) is 66.2 Å². The average molecular weight is 328 g/mol. The summed E-state index contributed by atoms with van der Waals surface area (Å²) in [4.78, 5) is 11.5. The van der Waals surface area contributed by atoms with Crippen LogP contribution in [0.15, 0.2) is 60.7 Å². The van der Waals surface area contributed by atoms with Gasteiger partial charge >= 0.3 is 5.97 Å². The zero-order chi connectivity index (χ0) is 17.0. The van der Waals surface area contributed by atoms with E-state index in [1.807, 2.05) is 6.07 Å². The molecule has 1 fully saturated rings. The van der Waals surface area contributed by atoms with Crippen molar-refractivity contribution in [2.45, 2.75) is 25.7 Å². The number of rotatable bonds is 2. The first kappa shape index (κ1) is 14.7. The average Bonchev–Trinajstić information content (AvgIpc) is 3.22. The molecule has 0 saturated heterocycles. The van der Waals surface area contributed by atoms with Crippen molar-refractivity contribution < 1.29 is 9.53 Å². The highest BCUT2D eigenvalue weighted by atomic mass is 16.5. The topological polar surface area (TPSA) is 26.3 Å². The molecular formula is C23H20O2. The Kier molecular flexibility index (Phi) is 3.21. The van der Waals surface area contributed by atoms with Crippen molar-refractivity contribution in [3.63, 3.8) is 0 Å². The summed E-state index contributed by atoms with van der Waals surface area (Å²) in [5.41, 5.74) is 1.33. The molecule has 3 unspecified atom stereocenters. The van der Waals surface area contributed by atoms with Crippen LogP contribution in [0.4, 0.5) is 0 Å². The van der Waals surface area contributed by atoms with Crippen LogP contribution < -0.4 is 4.74 Å². The summed E-state index contributed by atoms with van der Waals surface area (Å²) in [5.74, 6) is 2.25. The quantitative estimate of drug-likeness (QED) is 0.265. The number of esters is 1. The minimum Gasteiger partial charge on any atom is -0.427 e. The van der Waals surface area contributed by atoms with Gasteiger partial charge in [0.05, 0.1) is 0 Å². The van der Waals surface area contributed by atoms with Gasteiger partial charge in [-0.25, -0.2) is 0 Å². The van der Waals surface area contributed by atoms with Crippen molar-refractivity contribution in [1.29, 1.82) is 0 Å². The minimum absolute atomic E-state index is 0.265. The fourth-order valence-electron chi connectivity index (χ4n) is 4.72. The van der Waals surface area contributed by atoms with Crippen LogP contribution in [0, 0.1) is 11.8 Å². The van der Waals surface area contributed by atoms with E-state index in [0.29, 0.717) is 23.5 Å². The first-order valence-electron chi connectivity index (χ1n) is 9.00. The van der Waals surface area contributed by atoms with Crippen LogP contribution in [0.25, 0.3) is 21.5 Å². The van der Waals surface area contributed by atoms with Gasteiger partial charge in [0.25, 0.3) is 0 Å². The molecule has 124 valence electrons. The van der Waals surface area contributed by atoms with Crippen LogP contribution in [0.1, 0.15) is 31.2 Å². The smallest absolute Gasteiger partial charge is 0.308 e. The van der Waals surface area contributed by atoms with Crippen molar-refractivity contribution in [3.8, 4) is 5.75 Å². The summed E-state index contributed by atoms with van der Waals surface area (Å²) < 4.78 is 5.46. The third-order valence-corrected chi connectivity index (χ3v) is 5.76. The van der Waals surface area contributed by atoms with E-state index in [-0.39, 0.29) is 5.97 Å². The van der Waals surface area contributed by atoms with Gasteiger partial charge in [0.15, 0.2) is 0 Å². The molecule has 3 atom stereocenters. The van der Waals surface area contributed by atoms with Crippen molar-refractivity contribution in [1.82, 2.24) is 0 Å². The van der Waals surface area contributed by atoms with E-state index in [9.17, 15) is 4.79 Å². The maximum absolute atomic E-state index is 11.5. The van der Waals surface area contributed by atoms with E-state index >= 15 is 0 Å². The summed E-state index contributed by atoms with van der Waals surface area (Å²) in [6.07, 6.45) is 7.21. The molecule has 0 heterocycles. The Balaban J connectivity index is 1.75. The maximum atomic E-state index is 11.5. The van der Waals surface area contributed by atoms with Gasteiger partial charge in [-0.1, -0.05) is 36.4 Å². The summed E-state index contributed by atoms with van der Waals surface area (Å²) >= 11 is 0. The van der Waals surface area contributed by atoms with E-state index in [1.165, 1.54) is 41.5 Å². The van der Waals surface area contributed by atoms with Crippen LogP contribution in [0.3, 0.4) is 0 Å². The van der Waals surface area contributed by atoms with E-state index in [0.717, 1.165) is 5.39 Å². The Morgan fingerprint density at radius 1 is 0.960 bits per heavy atom. The van der Waals surface area contributed by atoms with E-state index in [4.69, 9.17) is 4.74 Å². The molecule has 3 aromatic carbocycles. The van der Waals surface area contributed by atoms with Gasteiger partial charge in [0, 0.05) is 6.92 Å². The van der Waals surface area contributed by atoms with Crippen molar-refractivity contribution >= 4 is 27.5 Å². The number of ether oxygens (including phenoxy) is 1. The third kappa shape index (κ3) is 2.44. The summed E-state index contributed by atoms with van der Waals surface area (Å²) in [6, 6.07) is 17.0. The second kappa shape index (κ2) is 5.45. The van der Waals surface area contributed by atoms with Gasteiger partial charge in [-0.2, -0.15) is 0 Å². The number of carbonyl (C=O) groups is 1. The predicted molar refractivity (Wildman–Crippen MR) is 101 cm³/mol. The number of hydrogen-bond donors (Lipinski definition) is 0. The SMILES string of the molecule is CC(=O)Oc1cc(C2CC3C=CC2C3)c2cc3ccccc3cc2c1. The van der Waals surface area contributed by atoms with Crippen molar-refractivity contribution in [2.24, 2.45) is 11.8 Å². The van der Waals surface area contributed by atoms with E-state index < -0.39 is 0 Å². The third-order valence-electron chi connectivity index (χ3n) is 5.76. The molecule has 0 spiro atoms. The van der Waals surface area contributed by atoms with Gasteiger partial charge in [-0.15, -0.1) is 0 Å². The molecule has 0 amide bonds. The lowest BCUT2D eigenvalue weighted by Gasteiger charge is -2.22. The molecular weight excluding hydrogens is 308 g/mol. The maximum Gasteiger partial charge on any atom is 0.308 e. The summed E-state index contributed by atoms with van der Waals surface area (Å²) in [7, 11) is 0. The number of hydrogen-bond acceptors (Lipinski definition) is 2. The van der Waals surface area contributed by atoms with Gasteiger partial charge in [0.2, 0.25) is 0 Å². The van der Waals surface area contributed by atoms with Gasteiger partial charge in [-0.05, 0) is 82.0 Å². The predicted octanol–water partition coefficient (Wildman–Crippen LogP) is 5.60. The van der Waals surface area contributed by atoms with Gasteiger partial charge < -0.3 is 4.74 Å². The molecule has 0 aromatic heterocycles. The largest absolute Gasteiger partial charge is 0.427 e. The van der Waals surface area contributed by atoms with Gasteiger partial charge in [-0.3, -0.25) is 4.79 Å². The first-order valence-corrected chi connectivity index (χ1v) is 9.00. The van der Waals surface area contributed by atoms with E-state index in [2.05, 4.69) is 54.6 Å². The molecule has 0 radical (unpaired) electrons. The molecule has 0 N–H and O–H groups in total. The fourth-order valence-corrected chi connectivity index (χ4v) is 4.72. The van der Waals surface area contributed by atoms with Crippen molar-refractivity contribution in [2.75, 3.05) is 0 Å². The zero-order valence-electron chi connectivity index (χ0n) is 14.2. The number of carbonyl (C=O) groups excluding carboxylic acids is 1. The van der Waals surface area contributed by atoms with Crippen LogP contribution in [0.2, 0.25) is 0 Å². The number of benzene rings is 3. The Morgan fingerprint density at radius 3 is 2.44 bits per heavy atom. The molecule has 2 heteroatoms. The highest BCUT2D eigenvalue weighted by Gasteiger charge is 2.37. The second-order valence-electron chi connectivity index (χ2n) is 7.41. The molecule has 2 nitrogen and oxygen atoms in total. The Hall–Kier alpha value is -2.61. The van der Waals surface area contributed by atoms with E-state index in [1.54, 1.807) is 0 Å². The number of allylic oxidation sites excluding steroid dienone is 2. The summed E-state index contributed by atoms with van der Waals surface area (Å²) in [6.45, 7) is 1.46. The normalized spacial score (nSPS) is 24.3. The molecule has 5 rings (SSSR count). The molecule has 25 heavy (non-hydrogen) atoms. The minimum atomic E-state index is -0.265. The molecule has 2 aliphatic carbocycles. The highest BCUT2D eigenvalue weighted by molar-refractivity contribution is 6.00. The Labute approximate surface area is 147 Å². The van der Waals surface area contributed by atoms with Crippen LogP contribution in [0.5, 0.6) is 5.75 Å². The molecule has 1 saturated carbocycles. The second-order valence-corrected chi connectivity index (χ2v) is 7.41. The van der Waals surface area contributed by atoms with Crippen LogP contribution in [-0.2, 0) is 4.79 Å². The van der Waals surface area contributed by atoms with Crippen LogP contribution >= 0.6 is 0 Å². The summed E-state index contributed by atoms with van der Waals surface area (Å²) in [5, 5.41) is 4.92. The molecule has 0 aliphatic heterocycles. The van der Waals surface area contributed by atoms with Gasteiger partial charge in [0.1, 0.15) is 5.75 Å². The number of fused-ring (bicyclic) bond motifs is 4. The first-order chi connectivity index (χ1) is 12.2. The standard InChI is InChI=1S/C23H20O2/c1-14(24)25-20-11-19-10-16-4-2-3-5-17(16)12-22(19)23(13-20)21-9-15-6-7-18(21)8-15/h2-7,10-13,15,18,21H,8-9H2,1H3. The molecule has 2 bridgehead atoms. The zero-order valence-corrected chi connectivity index (χ0v) is 14.2. The monoisotopic (exact) mass is 328 g/mol. The Bertz CT molecular complexity index is 1030. The molecule has 2 aliphatic rings. The lowest BCUT2D eigenvalue weighted by Crippen LogP contribution is -2.07.